The fourth-order valence-electron chi connectivity index (χ4n) is 3.23. The van der Waals surface area contributed by atoms with E-state index in [9.17, 15) is 9.59 Å². The summed E-state index contributed by atoms with van der Waals surface area (Å²) in [5.41, 5.74) is 1.27. The number of nitrogens with zero attached hydrogens (tertiary/aromatic N) is 2. The minimum atomic E-state index is -0.763. The summed E-state index contributed by atoms with van der Waals surface area (Å²) in [7, 11) is 0. The number of likely N-dealkylation sites (tertiary alicyclic amines) is 1. The molecular weight excluding hydrogens is 324 g/mol. The molecule has 2 aliphatic heterocycles. The van der Waals surface area contributed by atoms with Crippen molar-refractivity contribution in [3.05, 3.63) is 21.9 Å². The molecular formula is C15H21ClN2O3S. The molecule has 2 aliphatic rings. The average molecular weight is 345 g/mol. The first kappa shape index (κ1) is 17.2. The van der Waals surface area contributed by atoms with Gasteiger partial charge in [-0.1, -0.05) is 0 Å². The standard InChI is InChI=1S/C15H20N2O3S.ClH/c18-14(4-8-16-6-1-2-12(16)15(19)20)17-7-3-13-11(10-17)5-9-21-13;/h5,9,12H,1-4,6-8,10H2,(H,19,20);1H/t12-;/m0./s1. The molecule has 5 nitrogen and oxygen atoms in total. The van der Waals surface area contributed by atoms with Crippen LogP contribution in [0, 0.1) is 0 Å². The molecule has 0 radical (unpaired) electrons. The van der Waals surface area contributed by atoms with Gasteiger partial charge in [-0.25, -0.2) is 0 Å². The van der Waals surface area contributed by atoms with Crippen molar-refractivity contribution in [2.24, 2.45) is 0 Å². The number of thiophene rings is 1. The Morgan fingerprint density at radius 2 is 2.18 bits per heavy atom. The van der Waals surface area contributed by atoms with Crippen molar-refractivity contribution < 1.29 is 14.7 Å². The highest BCUT2D eigenvalue weighted by Crippen LogP contribution is 2.24. The Morgan fingerprint density at radius 3 is 2.95 bits per heavy atom. The van der Waals surface area contributed by atoms with Crippen molar-refractivity contribution in [3.8, 4) is 0 Å². The van der Waals surface area contributed by atoms with Crippen molar-refractivity contribution in [2.45, 2.75) is 38.3 Å². The van der Waals surface area contributed by atoms with Gasteiger partial charge in [-0.3, -0.25) is 14.5 Å². The Hall–Kier alpha value is -1.11. The fraction of sp³-hybridized carbons (Fsp3) is 0.600. The molecule has 1 aromatic heterocycles. The summed E-state index contributed by atoms with van der Waals surface area (Å²) in [4.78, 5) is 28.7. The van der Waals surface area contributed by atoms with Gasteiger partial charge in [-0.2, -0.15) is 0 Å². The van der Waals surface area contributed by atoms with E-state index in [1.54, 1.807) is 11.3 Å². The summed E-state index contributed by atoms with van der Waals surface area (Å²) < 4.78 is 0. The van der Waals surface area contributed by atoms with Crippen LogP contribution in [-0.2, 0) is 22.6 Å². The van der Waals surface area contributed by atoms with Crippen molar-refractivity contribution in [1.82, 2.24) is 9.80 Å². The molecule has 1 atom stereocenters. The zero-order chi connectivity index (χ0) is 14.8. The van der Waals surface area contributed by atoms with Crippen LogP contribution in [0.1, 0.15) is 29.7 Å². The molecule has 1 fully saturated rings. The third kappa shape index (κ3) is 3.62. The Morgan fingerprint density at radius 1 is 1.36 bits per heavy atom. The molecule has 1 amide bonds. The lowest BCUT2D eigenvalue weighted by Gasteiger charge is -2.28. The van der Waals surface area contributed by atoms with E-state index in [4.69, 9.17) is 5.11 Å². The number of carboxylic acid groups (broad SMARTS) is 1. The molecule has 0 unspecified atom stereocenters. The summed E-state index contributed by atoms with van der Waals surface area (Å²) >= 11 is 1.76. The van der Waals surface area contributed by atoms with Crippen LogP contribution in [0.25, 0.3) is 0 Å². The second kappa shape index (κ2) is 7.44. The highest BCUT2D eigenvalue weighted by molar-refractivity contribution is 7.10. The number of amides is 1. The smallest absolute Gasteiger partial charge is 0.320 e. The van der Waals surface area contributed by atoms with Crippen LogP contribution in [0.4, 0.5) is 0 Å². The van der Waals surface area contributed by atoms with Gasteiger partial charge in [-0.15, -0.1) is 23.7 Å². The van der Waals surface area contributed by atoms with E-state index < -0.39 is 12.0 Å². The zero-order valence-corrected chi connectivity index (χ0v) is 14.0. The molecule has 0 bridgehead atoms. The Bertz CT molecular complexity index is 549. The highest BCUT2D eigenvalue weighted by atomic mass is 35.5. The lowest BCUT2D eigenvalue weighted by atomic mass is 10.1. The number of carbonyl (C=O) groups excluding carboxylic acids is 1. The van der Waals surface area contributed by atoms with E-state index in [2.05, 4.69) is 11.4 Å². The van der Waals surface area contributed by atoms with Crippen LogP contribution in [0.5, 0.6) is 0 Å². The lowest BCUT2D eigenvalue weighted by Crippen LogP contribution is -2.40. The van der Waals surface area contributed by atoms with Crippen LogP contribution < -0.4 is 0 Å². The number of halogens is 1. The largest absolute Gasteiger partial charge is 0.480 e. The number of aliphatic carboxylic acids is 1. The van der Waals surface area contributed by atoms with Crippen molar-refractivity contribution in [1.29, 1.82) is 0 Å². The molecule has 3 rings (SSSR count). The van der Waals surface area contributed by atoms with E-state index in [1.807, 2.05) is 9.80 Å². The number of hydrogen-bond donors (Lipinski definition) is 1. The highest BCUT2D eigenvalue weighted by Gasteiger charge is 2.31. The van der Waals surface area contributed by atoms with Gasteiger partial charge in [0.2, 0.25) is 5.91 Å². The number of hydrogen-bond acceptors (Lipinski definition) is 4. The maximum Gasteiger partial charge on any atom is 0.320 e. The Kier molecular flexibility index (Phi) is 5.83. The van der Waals surface area contributed by atoms with Gasteiger partial charge in [0.15, 0.2) is 0 Å². The van der Waals surface area contributed by atoms with E-state index >= 15 is 0 Å². The predicted octanol–water partition coefficient (Wildman–Crippen LogP) is 1.99. The third-order valence-corrected chi connectivity index (χ3v) is 5.44. The van der Waals surface area contributed by atoms with Crippen molar-refractivity contribution >= 4 is 35.6 Å². The SMILES string of the molecule is Cl.O=C(O)[C@@H]1CCCN1CCC(=O)N1CCc2sccc2C1. The maximum absolute atomic E-state index is 12.3. The van der Waals surface area contributed by atoms with Gasteiger partial charge in [-0.05, 0) is 42.8 Å². The number of carbonyl (C=O) groups is 2. The van der Waals surface area contributed by atoms with Crippen molar-refractivity contribution in [2.75, 3.05) is 19.6 Å². The molecule has 3 heterocycles. The first-order chi connectivity index (χ1) is 10.1. The second-order valence-electron chi connectivity index (χ2n) is 5.72. The van der Waals surface area contributed by atoms with Gasteiger partial charge in [0.1, 0.15) is 6.04 Å². The molecule has 22 heavy (non-hydrogen) atoms. The molecule has 0 aliphatic carbocycles. The van der Waals surface area contributed by atoms with Crippen LogP contribution in [0.2, 0.25) is 0 Å². The minimum Gasteiger partial charge on any atom is -0.480 e. The molecule has 122 valence electrons. The van der Waals surface area contributed by atoms with Gasteiger partial charge in [0.25, 0.3) is 0 Å². The second-order valence-corrected chi connectivity index (χ2v) is 6.72. The first-order valence-corrected chi connectivity index (χ1v) is 8.33. The van der Waals surface area contributed by atoms with Gasteiger partial charge < -0.3 is 10.0 Å². The summed E-state index contributed by atoms with van der Waals surface area (Å²) in [5, 5.41) is 11.2. The van der Waals surface area contributed by atoms with Crippen LogP contribution in [0.15, 0.2) is 11.4 Å². The Balaban J connectivity index is 0.00000176. The van der Waals surface area contributed by atoms with E-state index in [-0.39, 0.29) is 18.3 Å². The molecule has 7 heteroatoms. The Labute approximate surface area is 140 Å². The molecule has 1 N–H and O–H groups in total. The normalized spacial score (nSPS) is 21.3. The average Bonchev–Trinajstić information content (AvgIpc) is 3.12. The zero-order valence-electron chi connectivity index (χ0n) is 12.4. The number of rotatable bonds is 4. The van der Waals surface area contributed by atoms with Crippen molar-refractivity contribution in [3.63, 3.8) is 0 Å². The van der Waals surface area contributed by atoms with E-state index in [0.29, 0.717) is 25.9 Å². The van der Waals surface area contributed by atoms with Crippen LogP contribution in [0.3, 0.4) is 0 Å². The molecule has 0 saturated carbocycles. The molecule has 0 spiro atoms. The molecule has 1 aromatic rings. The van der Waals surface area contributed by atoms with Crippen LogP contribution >= 0.6 is 23.7 Å². The molecule has 0 aromatic carbocycles. The van der Waals surface area contributed by atoms with Gasteiger partial charge >= 0.3 is 5.97 Å². The summed E-state index contributed by atoms with van der Waals surface area (Å²) in [6.07, 6.45) is 2.97. The lowest BCUT2D eigenvalue weighted by molar-refractivity contribution is -0.143. The summed E-state index contributed by atoms with van der Waals surface area (Å²) in [5.74, 6) is -0.622. The van der Waals surface area contributed by atoms with E-state index in [1.165, 1.54) is 10.4 Å². The van der Waals surface area contributed by atoms with E-state index in [0.717, 1.165) is 25.9 Å². The first-order valence-electron chi connectivity index (χ1n) is 7.45. The van der Waals surface area contributed by atoms with Crippen LogP contribution in [-0.4, -0.2) is 52.5 Å². The predicted molar refractivity (Wildman–Crippen MR) is 87.5 cm³/mol. The third-order valence-electron chi connectivity index (χ3n) is 4.42. The molecule has 1 saturated heterocycles. The monoisotopic (exact) mass is 344 g/mol. The summed E-state index contributed by atoms with van der Waals surface area (Å²) in [6, 6.07) is 1.70. The number of fused-ring (bicyclic) bond motifs is 1. The topological polar surface area (TPSA) is 60.9 Å². The number of carboxylic acids is 1. The summed E-state index contributed by atoms with van der Waals surface area (Å²) in [6.45, 7) is 2.84. The van der Waals surface area contributed by atoms with Gasteiger partial charge in [0.05, 0.1) is 0 Å². The quantitative estimate of drug-likeness (QED) is 0.907. The van der Waals surface area contributed by atoms with Gasteiger partial charge in [0, 0.05) is 30.9 Å². The minimum absolute atomic E-state index is 0. The maximum atomic E-state index is 12.3. The fourth-order valence-corrected chi connectivity index (χ4v) is 4.12.